The molecule has 0 bridgehead atoms. The number of piperidine rings is 1. The molecule has 1 aliphatic heterocycles. The number of hydrogen-bond donors (Lipinski definition) is 2. The number of nitrogens with zero attached hydrogens (tertiary/aromatic N) is 2. The number of rotatable bonds is 3. The number of H-pyrrole nitrogens is 1. The molecule has 1 aromatic heterocycles. The Hall–Kier alpha value is -2.05. The second-order valence-corrected chi connectivity index (χ2v) is 6.58. The van der Waals surface area contributed by atoms with Crippen LogP contribution in [0.2, 0.25) is 0 Å². The number of aryl methyl sites for hydroxylation is 1. The van der Waals surface area contributed by atoms with Gasteiger partial charge in [-0.05, 0) is 50.5 Å². The van der Waals surface area contributed by atoms with Crippen molar-refractivity contribution in [3.05, 3.63) is 17.0 Å². The molecule has 1 fully saturated rings. The van der Waals surface area contributed by atoms with Crippen molar-refractivity contribution in [2.45, 2.75) is 64.0 Å². The molecule has 24 heavy (non-hydrogen) atoms. The fourth-order valence-corrected chi connectivity index (χ4v) is 3.70. The standard InChI is InChI=1S/C17H26N4O3/c1-24-17(23)21-10-6-5-9-15(21)16(22)18-11-14-12-7-3-2-4-8-13(12)19-20-14/h15H,2-11H2,1H3,(H,18,22)(H,19,20). The normalized spacial score (nSPS) is 20.9. The van der Waals surface area contributed by atoms with Gasteiger partial charge in [-0.25, -0.2) is 4.79 Å². The summed E-state index contributed by atoms with van der Waals surface area (Å²) in [5.74, 6) is -0.120. The number of hydrogen-bond acceptors (Lipinski definition) is 4. The van der Waals surface area contributed by atoms with Crippen LogP contribution in [0.3, 0.4) is 0 Å². The van der Waals surface area contributed by atoms with Gasteiger partial charge in [-0.1, -0.05) is 6.42 Å². The van der Waals surface area contributed by atoms with Crippen LogP contribution in [0.1, 0.15) is 55.5 Å². The highest BCUT2D eigenvalue weighted by Crippen LogP contribution is 2.22. The van der Waals surface area contributed by atoms with E-state index in [2.05, 4.69) is 15.5 Å². The summed E-state index contributed by atoms with van der Waals surface area (Å²) in [4.78, 5) is 25.9. The van der Waals surface area contributed by atoms with Crippen molar-refractivity contribution < 1.29 is 14.3 Å². The van der Waals surface area contributed by atoms with Gasteiger partial charge in [0, 0.05) is 12.2 Å². The van der Waals surface area contributed by atoms with Crippen LogP contribution in [0.5, 0.6) is 0 Å². The number of methoxy groups -OCH3 is 1. The maximum Gasteiger partial charge on any atom is 0.410 e. The van der Waals surface area contributed by atoms with Crippen LogP contribution >= 0.6 is 0 Å². The Labute approximate surface area is 142 Å². The molecule has 2 N–H and O–H groups in total. The van der Waals surface area contributed by atoms with Gasteiger partial charge in [0.05, 0.1) is 19.3 Å². The van der Waals surface area contributed by atoms with E-state index in [0.717, 1.165) is 31.4 Å². The van der Waals surface area contributed by atoms with Crippen molar-refractivity contribution in [1.82, 2.24) is 20.4 Å². The molecule has 2 amide bonds. The Morgan fingerprint density at radius 3 is 2.92 bits per heavy atom. The number of ether oxygens (including phenoxy) is 1. The van der Waals surface area contributed by atoms with Crippen LogP contribution in [0.15, 0.2) is 0 Å². The number of fused-ring (bicyclic) bond motifs is 1. The minimum absolute atomic E-state index is 0.120. The van der Waals surface area contributed by atoms with Crippen LogP contribution in [-0.2, 0) is 28.9 Å². The molecule has 1 aromatic rings. The van der Waals surface area contributed by atoms with Gasteiger partial charge < -0.3 is 10.1 Å². The first-order valence-corrected chi connectivity index (χ1v) is 8.88. The van der Waals surface area contributed by atoms with Gasteiger partial charge in [0.25, 0.3) is 0 Å². The third-order valence-corrected chi connectivity index (χ3v) is 5.04. The summed E-state index contributed by atoms with van der Waals surface area (Å²) in [6.07, 6.45) is 7.77. The van der Waals surface area contributed by atoms with Crippen molar-refractivity contribution in [3.8, 4) is 0 Å². The second kappa shape index (κ2) is 7.68. The predicted octanol–water partition coefficient (Wildman–Crippen LogP) is 1.92. The Bertz CT molecular complexity index is 599. The van der Waals surface area contributed by atoms with Crippen LogP contribution < -0.4 is 5.32 Å². The van der Waals surface area contributed by atoms with Crippen molar-refractivity contribution in [2.75, 3.05) is 13.7 Å². The van der Waals surface area contributed by atoms with E-state index in [1.807, 2.05) is 0 Å². The zero-order valence-corrected chi connectivity index (χ0v) is 14.3. The molecule has 3 rings (SSSR count). The van der Waals surface area contributed by atoms with E-state index in [1.54, 1.807) is 0 Å². The van der Waals surface area contributed by atoms with Gasteiger partial charge in [0.15, 0.2) is 0 Å². The smallest absolute Gasteiger partial charge is 0.410 e. The third-order valence-electron chi connectivity index (χ3n) is 5.04. The Morgan fingerprint density at radius 2 is 2.08 bits per heavy atom. The van der Waals surface area contributed by atoms with Gasteiger partial charge in [-0.15, -0.1) is 0 Å². The maximum atomic E-state index is 12.6. The van der Waals surface area contributed by atoms with Crippen LogP contribution in [0.4, 0.5) is 4.79 Å². The van der Waals surface area contributed by atoms with Crippen molar-refractivity contribution in [3.63, 3.8) is 0 Å². The summed E-state index contributed by atoms with van der Waals surface area (Å²) in [6, 6.07) is -0.441. The quantitative estimate of drug-likeness (QED) is 0.827. The first-order chi connectivity index (χ1) is 11.7. The molecule has 1 saturated heterocycles. The minimum atomic E-state index is -0.441. The summed E-state index contributed by atoms with van der Waals surface area (Å²) >= 11 is 0. The molecule has 2 heterocycles. The summed E-state index contributed by atoms with van der Waals surface area (Å²) in [6.45, 7) is 0.985. The fraction of sp³-hybridized carbons (Fsp3) is 0.706. The zero-order valence-electron chi connectivity index (χ0n) is 14.3. The highest BCUT2D eigenvalue weighted by Gasteiger charge is 2.32. The monoisotopic (exact) mass is 334 g/mol. The number of carbonyl (C=O) groups is 2. The number of carbonyl (C=O) groups excluding carboxylic acids is 2. The lowest BCUT2D eigenvalue weighted by Gasteiger charge is -2.33. The average Bonchev–Trinajstić information content (AvgIpc) is 2.85. The van der Waals surface area contributed by atoms with Gasteiger partial charge in [0.2, 0.25) is 5.91 Å². The van der Waals surface area contributed by atoms with E-state index < -0.39 is 12.1 Å². The van der Waals surface area contributed by atoms with E-state index in [1.165, 1.54) is 42.5 Å². The number of aromatic nitrogens is 2. The van der Waals surface area contributed by atoms with Crippen LogP contribution in [0, 0.1) is 0 Å². The molecule has 1 atom stereocenters. The van der Waals surface area contributed by atoms with Gasteiger partial charge in [-0.3, -0.25) is 14.8 Å². The highest BCUT2D eigenvalue weighted by atomic mass is 16.5. The van der Waals surface area contributed by atoms with Gasteiger partial charge >= 0.3 is 6.09 Å². The largest absolute Gasteiger partial charge is 0.453 e. The lowest BCUT2D eigenvalue weighted by Crippen LogP contribution is -2.51. The maximum absolute atomic E-state index is 12.6. The molecule has 0 radical (unpaired) electrons. The summed E-state index contributed by atoms with van der Waals surface area (Å²) in [7, 11) is 1.35. The number of nitrogens with one attached hydrogen (secondary N) is 2. The Balaban J connectivity index is 1.62. The zero-order chi connectivity index (χ0) is 16.9. The molecule has 1 unspecified atom stereocenters. The Morgan fingerprint density at radius 1 is 1.25 bits per heavy atom. The first-order valence-electron chi connectivity index (χ1n) is 8.88. The topological polar surface area (TPSA) is 87.3 Å². The highest BCUT2D eigenvalue weighted by molar-refractivity contribution is 5.85. The van der Waals surface area contributed by atoms with Gasteiger partial charge in [-0.2, -0.15) is 5.10 Å². The number of likely N-dealkylation sites (tertiary alicyclic amines) is 1. The van der Waals surface area contributed by atoms with E-state index in [0.29, 0.717) is 19.5 Å². The number of amides is 2. The molecule has 1 aliphatic carbocycles. The number of aromatic amines is 1. The van der Waals surface area contributed by atoms with E-state index in [4.69, 9.17) is 4.74 Å². The summed E-state index contributed by atoms with van der Waals surface area (Å²) in [5, 5.41) is 10.5. The molecular weight excluding hydrogens is 308 g/mol. The van der Waals surface area contributed by atoms with Crippen molar-refractivity contribution in [1.29, 1.82) is 0 Å². The van der Waals surface area contributed by atoms with Crippen molar-refractivity contribution in [2.24, 2.45) is 0 Å². The molecule has 0 spiro atoms. The Kier molecular flexibility index (Phi) is 5.37. The lowest BCUT2D eigenvalue weighted by molar-refractivity contribution is -0.127. The van der Waals surface area contributed by atoms with E-state index in [-0.39, 0.29) is 5.91 Å². The SMILES string of the molecule is COC(=O)N1CCCCC1C(=O)NCc1n[nH]c2c1CCCCC2. The predicted molar refractivity (Wildman–Crippen MR) is 88.4 cm³/mol. The molecule has 0 aromatic carbocycles. The minimum Gasteiger partial charge on any atom is -0.453 e. The van der Waals surface area contributed by atoms with E-state index in [9.17, 15) is 9.59 Å². The molecule has 132 valence electrons. The van der Waals surface area contributed by atoms with E-state index >= 15 is 0 Å². The molecule has 7 heteroatoms. The van der Waals surface area contributed by atoms with Crippen molar-refractivity contribution >= 4 is 12.0 Å². The fourth-order valence-electron chi connectivity index (χ4n) is 3.70. The first kappa shape index (κ1) is 16.8. The van der Waals surface area contributed by atoms with Crippen LogP contribution in [-0.4, -0.2) is 46.8 Å². The molecule has 7 nitrogen and oxygen atoms in total. The lowest BCUT2D eigenvalue weighted by atomic mass is 10.0. The molecule has 0 saturated carbocycles. The summed E-state index contributed by atoms with van der Waals surface area (Å²) < 4.78 is 4.80. The van der Waals surface area contributed by atoms with Gasteiger partial charge in [0.1, 0.15) is 6.04 Å². The molecular formula is C17H26N4O3. The average molecular weight is 334 g/mol. The second-order valence-electron chi connectivity index (χ2n) is 6.58. The van der Waals surface area contributed by atoms with Crippen LogP contribution in [0.25, 0.3) is 0 Å². The summed E-state index contributed by atoms with van der Waals surface area (Å²) in [5.41, 5.74) is 3.41. The molecule has 2 aliphatic rings. The third kappa shape index (κ3) is 3.55.